The van der Waals surface area contributed by atoms with Gasteiger partial charge in [0.2, 0.25) is 0 Å². The molecule has 0 aliphatic carbocycles. The van der Waals surface area contributed by atoms with Gasteiger partial charge in [0.15, 0.2) is 0 Å². The summed E-state index contributed by atoms with van der Waals surface area (Å²) in [7, 11) is -0.446. The first-order chi connectivity index (χ1) is 10.0. The number of methoxy groups -OCH3 is 1. The van der Waals surface area contributed by atoms with Gasteiger partial charge in [-0.3, -0.25) is 4.31 Å². The van der Waals surface area contributed by atoms with Gasteiger partial charge in [0.25, 0.3) is 10.0 Å². The van der Waals surface area contributed by atoms with Gasteiger partial charge in [0, 0.05) is 7.05 Å². The third-order valence-electron chi connectivity index (χ3n) is 3.43. The van der Waals surface area contributed by atoms with Crippen LogP contribution in [0.2, 0.25) is 0 Å². The third-order valence-corrected chi connectivity index (χ3v) is 5.22. The molecular weight excluding hydrogens is 286 g/mol. The molecule has 21 heavy (non-hydrogen) atoms. The van der Waals surface area contributed by atoms with Gasteiger partial charge in [0.05, 0.1) is 17.7 Å². The third kappa shape index (κ3) is 3.03. The Balaban J connectivity index is 2.42. The predicted molar refractivity (Wildman–Crippen MR) is 84.4 cm³/mol. The fourth-order valence-corrected chi connectivity index (χ4v) is 3.39. The summed E-state index contributed by atoms with van der Waals surface area (Å²) in [5.74, 6) is 0.630. The van der Waals surface area contributed by atoms with Crippen LogP contribution in [0.5, 0.6) is 5.75 Å². The van der Waals surface area contributed by atoms with E-state index in [9.17, 15) is 8.42 Å². The molecule has 0 fully saturated rings. The number of para-hydroxylation sites is 1. The Morgan fingerprint density at radius 2 is 1.67 bits per heavy atom. The van der Waals surface area contributed by atoms with Crippen LogP contribution < -0.4 is 9.04 Å². The topological polar surface area (TPSA) is 46.6 Å². The van der Waals surface area contributed by atoms with E-state index in [1.54, 1.807) is 38.4 Å². The van der Waals surface area contributed by atoms with E-state index in [1.807, 2.05) is 31.2 Å². The summed E-state index contributed by atoms with van der Waals surface area (Å²) in [6, 6.07) is 13.9. The maximum absolute atomic E-state index is 12.7. The van der Waals surface area contributed by atoms with Crippen molar-refractivity contribution < 1.29 is 13.2 Å². The van der Waals surface area contributed by atoms with Crippen LogP contribution in [-0.4, -0.2) is 22.6 Å². The summed E-state index contributed by atoms with van der Waals surface area (Å²) in [6.45, 7) is 2.01. The maximum atomic E-state index is 12.7. The number of ether oxygens (including phenoxy) is 1. The quantitative estimate of drug-likeness (QED) is 0.853. The number of aryl methyl sites for hydroxylation is 1. The maximum Gasteiger partial charge on any atom is 0.264 e. The second-order valence-corrected chi connectivity index (χ2v) is 6.60. The van der Waals surface area contributed by atoms with E-state index < -0.39 is 10.0 Å². The number of hydrogen-bond donors (Lipinski definition) is 0. The Hall–Kier alpha value is -2.01. The average molecular weight is 305 g/mol. The molecule has 4 nitrogen and oxygen atoms in total. The van der Waals surface area contributed by atoms with Gasteiger partial charge in [-0.1, -0.05) is 25.1 Å². The van der Waals surface area contributed by atoms with E-state index in [0.717, 1.165) is 12.0 Å². The standard InChI is InChI=1S/C16H19NO3S/c1-4-13-7-5-6-8-16(13)17(2)21(18,19)15-11-9-14(20-3)10-12-15/h5-12H,4H2,1-3H3. The zero-order valence-corrected chi connectivity index (χ0v) is 13.2. The summed E-state index contributed by atoms with van der Waals surface area (Å²) >= 11 is 0. The molecular formula is C16H19NO3S. The summed E-state index contributed by atoms with van der Waals surface area (Å²) in [5, 5.41) is 0. The lowest BCUT2D eigenvalue weighted by atomic mass is 10.1. The molecule has 112 valence electrons. The van der Waals surface area contributed by atoms with Crippen LogP contribution in [0.25, 0.3) is 0 Å². The first-order valence-corrected chi connectivity index (χ1v) is 8.15. The van der Waals surface area contributed by atoms with Crippen LogP contribution in [0.4, 0.5) is 5.69 Å². The molecule has 0 aromatic heterocycles. The van der Waals surface area contributed by atoms with E-state index in [2.05, 4.69) is 0 Å². The van der Waals surface area contributed by atoms with Crippen LogP contribution in [0, 0.1) is 0 Å². The van der Waals surface area contributed by atoms with Crippen molar-refractivity contribution >= 4 is 15.7 Å². The molecule has 0 unspecified atom stereocenters. The lowest BCUT2D eigenvalue weighted by Crippen LogP contribution is -2.27. The van der Waals surface area contributed by atoms with Gasteiger partial charge in [-0.05, 0) is 42.3 Å². The smallest absolute Gasteiger partial charge is 0.264 e. The largest absolute Gasteiger partial charge is 0.497 e. The molecule has 0 aliphatic heterocycles. The van der Waals surface area contributed by atoms with Crippen molar-refractivity contribution in [2.45, 2.75) is 18.2 Å². The Morgan fingerprint density at radius 1 is 1.05 bits per heavy atom. The number of nitrogens with zero attached hydrogens (tertiary/aromatic N) is 1. The molecule has 0 saturated heterocycles. The second kappa shape index (κ2) is 6.18. The van der Waals surface area contributed by atoms with Gasteiger partial charge in [-0.15, -0.1) is 0 Å². The minimum absolute atomic E-state index is 0.247. The van der Waals surface area contributed by atoms with Gasteiger partial charge in [0.1, 0.15) is 5.75 Å². The molecule has 0 bridgehead atoms. The average Bonchev–Trinajstić information content (AvgIpc) is 2.54. The number of benzene rings is 2. The Kier molecular flexibility index (Phi) is 4.53. The molecule has 0 radical (unpaired) electrons. The molecule has 0 heterocycles. The van der Waals surface area contributed by atoms with Gasteiger partial charge < -0.3 is 4.74 Å². The highest BCUT2D eigenvalue weighted by atomic mass is 32.2. The van der Waals surface area contributed by atoms with E-state index in [4.69, 9.17) is 4.74 Å². The van der Waals surface area contributed by atoms with Crippen LogP contribution in [-0.2, 0) is 16.4 Å². The van der Waals surface area contributed by atoms with E-state index >= 15 is 0 Å². The van der Waals surface area contributed by atoms with E-state index in [1.165, 1.54) is 4.31 Å². The summed E-state index contributed by atoms with van der Waals surface area (Å²) in [5.41, 5.74) is 1.70. The van der Waals surface area contributed by atoms with E-state index in [-0.39, 0.29) is 4.90 Å². The van der Waals surface area contributed by atoms with Crippen molar-refractivity contribution in [3.8, 4) is 5.75 Å². The summed E-state index contributed by atoms with van der Waals surface area (Å²) in [6.07, 6.45) is 0.776. The molecule has 0 amide bonds. The monoisotopic (exact) mass is 305 g/mol. The molecule has 0 saturated carbocycles. The zero-order valence-electron chi connectivity index (χ0n) is 12.4. The van der Waals surface area contributed by atoms with Crippen LogP contribution in [0.3, 0.4) is 0 Å². The van der Waals surface area contributed by atoms with Gasteiger partial charge in [-0.25, -0.2) is 8.42 Å². The highest BCUT2D eigenvalue weighted by Crippen LogP contribution is 2.26. The molecule has 2 rings (SSSR count). The number of sulfonamides is 1. The van der Waals surface area contributed by atoms with Crippen molar-refractivity contribution in [1.82, 2.24) is 0 Å². The number of hydrogen-bond acceptors (Lipinski definition) is 3. The second-order valence-electron chi connectivity index (χ2n) is 4.63. The van der Waals surface area contributed by atoms with Crippen molar-refractivity contribution in [2.24, 2.45) is 0 Å². The first-order valence-electron chi connectivity index (χ1n) is 6.71. The Morgan fingerprint density at radius 3 is 2.24 bits per heavy atom. The van der Waals surface area contributed by atoms with Gasteiger partial charge in [-0.2, -0.15) is 0 Å². The molecule has 0 atom stereocenters. The van der Waals surface area contributed by atoms with Crippen molar-refractivity contribution in [2.75, 3.05) is 18.5 Å². The fraction of sp³-hybridized carbons (Fsp3) is 0.250. The van der Waals surface area contributed by atoms with Crippen molar-refractivity contribution in [3.63, 3.8) is 0 Å². The zero-order chi connectivity index (χ0) is 15.5. The highest BCUT2D eigenvalue weighted by Gasteiger charge is 2.22. The first kappa shape index (κ1) is 15.4. The van der Waals surface area contributed by atoms with Gasteiger partial charge >= 0.3 is 0 Å². The number of rotatable bonds is 5. The minimum Gasteiger partial charge on any atom is -0.497 e. The lowest BCUT2D eigenvalue weighted by Gasteiger charge is -2.22. The molecule has 0 aliphatic rings. The molecule has 2 aromatic carbocycles. The SMILES string of the molecule is CCc1ccccc1N(C)S(=O)(=O)c1ccc(OC)cc1. The highest BCUT2D eigenvalue weighted by molar-refractivity contribution is 7.92. The number of anilines is 1. The van der Waals surface area contributed by atoms with Crippen molar-refractivity contribution in [1.29, 1.82) is 0 Å². The minimum atomic E-state index is -3.57. The molecule has 0 N–H and O–H groups in total. The summed E-state index contributed by atoms with van der Waals surface area (Å²) in [4.78, 5) is 0.247. The fourth-order valence-electron chi connectivity index (χ4n) is 2.15. The van der Waals surface area contributed by atoms with Crippen LogP contribution >= 0.6 is 0 Å². The van der Waals surface area contributed by atoms with Crippen LogP contribution in [0.1, 0.15) is 12.5 Å². The Labute approximate surface area is 126 Å². The predicted octanol–water partition coefficient (Wildman–Crippen LogP) is 3.08. The lowest BCUT2D eigenvalue weighted by molar-refractivity contribution is 0.414. The molecule has 5 heteroatoms. The summed E-state index contributed by atoms with van der Waals surface area (Å²) < 4.78 is 31.8. The van der Waals surface area contributed by atoms with Crippen molar-refractivity contribution in [3.05, 3.63) is 54.1 Å². The normalized spacial score (nSPS) is 11.2. The molecule has 0 spiro atoms. The Bertz CT molecular complexity index is 709. The molecule has 2 aromatic rings. The van der Waals surface area contributed by atoms with E-state index in [0.29, 0.717) is 11.4 Å². The van der Waals surface area contributed by atoms with Crippen LogP contribution in [0.15, 0.2) is 53.4 Å².